The predicted octanol–water partition coefficient (Wildman–Crippen LogP) is 3.40. The molecule has 0 bridgehead atoms. The van der Waals surface area contributed by atoms with Crippen LogP contribution in [0.5, 0.6) is 0 Å². The monoisotopic (exact) mass is 264 g/mol. The summed E-state index contributed by atoms with van der Waals surface area (Å²) < 4.78 is 0. The van der Waals surface area contributed by atoms with Gasteiger partial charge in [-0.15, -0.1) is 5.10 Å². The van der Waals surface area contributed by atoms with E-state index in [4.69, 9.17) is 28.5 Å². The lowest BCUT2D eigenvalue weighted by Crippen LogP contribution is -1.98. The molecule has 1 aromatic heterocycles. The van der Waals surface area contributed by atoms with Crippen LogP contribution in [-0.2, 0) is 0 Å². The number of hydrogen-bond donors (Lipinski definition) is 1. The Morgan fingerprint density at radius 1 is 1.18 bits per heavy atom. The molecule has 1 N–H and O–H groups in total. The van der Waals surface area contributed by atoms with Gasteiger partial charge in [-0.25, -0.2) is 0 Å². The highest BCUT2D eigenvalue weighted by Crippen LogP contribution is 2.25. The summed E-state index contributed by atoms with van der Waals surface area (Å²) in [6.45, 7) is 0. The average molecular weight is 265 g/mol. The van der Waals surface area contributed by atoms with Crippen molar-refractivity contribution in [3.63, 3.8) is 0 Å². The van der Waals surface area contributed by atoms with E-state index in [1.165, 1.54) is 6.20 Å². The highest BCUT2D eigenvalue weighted by atomic mass is 35.5. The van der Waals surface area contributed by atoms with Crippen LogP contribution in [0.25, 0.3) is 0 Å². The quantitative estimate of drug-likeness (QED) is 0.903. The van der Waals surface area contributed by atoms with Gasteiger partial charge in [0.2, 0.25) is 0 Å². The van der Waals surface area contributed by atoms with Gasteiger partial charge in [0.25, 0.3) is 0 Å². The van der Waals surface area contributed by atoms with E-state index in [1.807, 2.05) is 6.07 Å². The Balaban J connectivity index is 2.35. The second-order valence-corrected chi connectivity index (χ2v) is 4.06. The van der Waals surface area contributed by atoms with Gasteiger partial charge in [0, 0.05) is 15.7 Å². The molecule has 0 spiro atoms. The first-order valence-corrected chi connectivity index (χ1v) is 5.39. The molecular weight excluding hydrogens is 259 g/mol. The standard InChI is InChI=1S/C11H6Cl2N4/c12-8-3-9(13)5-10(4-8)16-11-7(6-14)1-2-15-17-11/h1-5H,(H,16,17). The number of halogens is 2. The fourth-order valence-electron chi connectivity index (χ4n) is 1.28. The Hall–Kier alpha value is -1.83. The lowest BCUT2D eigenvalue weighted by molar-refractivity contribution is 1.03. The topological polar surface area (TPSA) is 61.6 Å². The second kappa shape index (κ2) is 5.00. The zero-order chi connectivity index (χ0) is 12.3. The van der Waals surface area contributed by atoms with Crippen molar-refractivity contribution in [2.24, 2.45) is 0 Å². The number of nitrogens with zero attached hydrogens (tertiary/aromatic N) is 3. The number of anilines is 2. The molecule has 4 nitrogen and oxygen atoms in total. The van der Waals surface area contributed by atoms with Crippen molar-refractivity contribution in [2.75, 3.05) is 5.32 Å². The van der Waals surface area contributed by atoms with Gasteiger partial charge in [0.1, 0.15) is 6.07 Å². The first-order valence-electron chi connectivity index (χ1n) is 4.64. The fourth-order valence-corrected chi connectivity index (χ4v) is 1.80. The maximum absolute atomic E-state index is 8.90. The summed E-state index contributed by atoms with van der Waals surface area (Å²) in [5.41, 5.74) is 1.05. The molecule has 0 aliphatic rings. The van der Waals surface area contributed by atoms with E-state index in [-0.39, 0.29) is 0 Å². The molecule has 17 heavy (non-hydrogen) atoms. The van der Waals surface area contributed by atoms with E-state index in [9.17, 15) is 0 Å². The van der Waals surface area contributed by atoms with Crippen LogP contribution in [-0.4, -0.2) is 10.2 Å². The number of aromatic nitrogens is 2. The van der Waals surface area contributed by atoms with E-state index in [1.54, 1.807) is 24.3 Å². The molecule has 0 saturated carbocycles. The summed E-state index contributed by atoms with van der Waals surface area (Å²) in [7, 11) is 0. The van der Waals surface area contributed by atoms with Gasteiger partial charge in [-0.05, 0) is 24.3 Å². The third-order valence-electron chi connectivity index (χ3n) is 1.97. The summed E-state index contributed by atoms with van der Waals surface area (Å²) in [5, 5.41) is 20.4. The van der Waals surface area contributed by atoms with Crippen LogP contribution in [0.1, 0.15) is 5.56 Å². The molecule has 0 aliphatic carbocycles. The summed E-state index contributed by atoms with van der Waals surface area (Å²) in [5.74, 6) is 0.369. The average Bonchev–Trinajstić information content (AvgIpc) is 2.28. The van der Waals surface area contributed by atoms with Crippen molar-refractivity contribution in [1.29, 1.82) is 5.26 Å². The molecule has 2 aromatic rings. The Kier molecular flexibility index (Phi) is 3.43. The van der Waals surface area contributed by atoms with Crippen LogP contribution < -0.4 is 5.32 Å². The molecule has 0 saturated heterocycles. The molecular formula is C11H6Cl2N4. The zero-order valence-corrected chi connectivity index (χ0v) is 10.00. The van der Waals surface area contributed by atoms with E-state index in [0.29, 0.717) is 27.1 Å². The summed E-state index contributed by atoms with van der Waals surface area (Å²) in [6, 6.07) is 8.57. The highest BCUT2D eigenvalue weighted by Gasteiger charge is 2.05. The van der Waals surface area contributed by atoms with Crippen molar-refractivity contribution >= 4 is 34.7 Å². The molecule has 1 heterocycles. The molecule has 0 fully saturated rings. The molecule has 0 unspecified atom stereocenters. The van der Waals surface area contributed by atoms with E-state index < -0.39 is 0 Å². The molecule has 0 radical (unpaired) electrons. The Labute approximate surface area is 108 Å². The molecule has 6 heteroatoms. The van der Waals surface area contributed by atoms with Crippen molar-refractivity contribution in [3.8, 4) is 6.07 Å². The zero-order valence-electron chi connectivity index (χ0n) is 8.48. The van der Waals surface area contributed by atoms with E-state index >= 15 is 0 Å². The normalized spacial score (nSPS) is 9.71. The third-order valence-corrected chi connectivity index (χ3v) is 2.40. The number of nitrogens with one attached hydrogen (secondary N) is 1. The number of rotatable bonds is 2. The van der Waals surface area contributed by atoms with Gasteiger partial charge in [-0.1, -0.05) is 23.2 Å². The van der Waals surface area contributed by atoms with Crippen LogP contribution in [0.2, 0.25) is 10.0 Å². The SMILES string of the molecule is N#Cc1ccnnc1Nc1cc(Cl)cc(Cl)c1. The van der Waals surface area contributed by atoms with Gasteiger partial charge in [0.05, 0.1) is 11.8 Å². The van der Waals surface area contributed by atoms with Gasteiger partial charge in [0.15, 0.2) is 5.82 Å². The smallest absolute Gasteiger partial charge is 0.171 e. The van der Waals surface area contributed by atoms with Gasteiger partial charge in [-0.3, -0.25) is 0 Å². The van der Waals surface area contributed by atoms with Gasteiger partial charge >= 0.3 is 0 Å². The van der Waals surface area contributed by atoms with Crippen LogP contribution in [0.3, 0.4) is 0 Å². The first-order chi connectivity index (χ1) is 8.19. The van der Waals surface area contributed by atoms with Crippen LogP contribution in [0, 0.1) is 11.3 Å². The lowest BCUT2D eigenvalue weighted by atomic mass is 10.2. The van der Waals surface area contributed by atoms with Crippen LogP contribution >= 0.6 is 23.2 Å². The van der Waals surface area contributed by atoms with Gasteiger partial charge < -0.3 is 5.32 Å². The largest absolute Gasteiger partial charge is 0.338 e. The van der Waals surface area contributed by atoms with Crippen molar-refractivity contribution < 1.29 is 0 Å². The third kappa shape index (κ3) is 2.84. The minimum absolute atomic E-state index is 0.369. The summed E-state index contributed by atoms with van der Waals surface area (Å²) in [4.78, 5) is 0. The fraction of sp³-hybridized carbons (Fsp3) is 0. The van der Waals surface area contributed by atoms with E-state index in [2.05, 4.69) is 15.5 Å². The van der Waals surface area contributed by atoms with Gasteiger partial charge in [-0.2, -0.15) is 10.4 Å². The molecule has 0 amide bonds. The Bertz CT molecular complexity index is 572. The molecule has 2 rings (SSSR count). The van der Waals surface area contributed by atoms with Crippen molar-refractivity contribution in [2.45, 2.75) is 0 Å². The predicted molar refractivity (Wildman–Crippen MR) is 66.5 cm³/mol. The minimum Gasteiger partial charge on any atom is -0.338 e. The number of hydrogen-bond acceptors (Lipinski definition) is 4. The highest BCUT2D eigenvalue weighted by molar-refractivity contribution is 6.35. The van der Waals surface area contributed by atoms with E-state index in [0.717, 1.165) is 0 Å². The Morgan fingerprint density at radius 2 is 1.88 bits per heavy atom. The molecule has 0 aliphatic heterocycles. The maximum atomic E-state index is 8.90. The maximum Gasteiger partial charge on any atom is 0.171 e. The second-order valence-electron chi connectivity index (χ2n) is 3.19. The Morgan fingerprint density at radius 3 is 2.53 bits per heavy atom. The molecule has 1 aromatic carbocycles. The van der Waals surface area contributed by atoms with Crippen LogP contribution in [0.4, 0.5) is 11.5 Å². The van der Waals surface area contributed by atoms with Crippen molar-refractivity contribution in [3.05, 3.63) is 46.1 Å². The van der Waals surface area contributed by atoms with Crippen LogP contribution in [0.15, 0.2) is 30.5 Å². The minimum atomic E-state index is 0.369. The summed E-state index contributed by atoms with van der Waals surface area (Å²) >= 11 is 11.7. The first kappa shape index (κ1) is 11.6. The number of benzene rings is 1. The molecule has 0 atom stereocenters. The summed E-state index contributed by atoms with van der Waals surface area (Å²) in [6.07, 6.45) is 1.45. The van der Waals surface area contributed by atoms with Crippen molar-refractivity contribution in [1.82, 2.24) is 10.2 Å². The number of nitriles is 1. The lowest BCUT2D eigenvalue weighted by Gasteiger charge is -2.06. The molecule has 84 valence electrons.